The number of rotatable bonds is 5. The normalized spacial score (nSPS) is 20.6. The molecule has 0 spiro atoms. The number of benzene rings is 2. The largest absolute Gasteiger partial charge is 0.496 e. The number of anilines is 1. The quantitative estimate of drug-likeness (QED) is 0.838. The lowest BCUT2D eigenvalue weighted by molar-refractivity contribution is -0.117. The topological polar surface area (TPSA) is 74.1 Å². The highest BCUT2D eigenvalue weighted by molar-refractivity contribution is 5.95. The number of nitrogens with one attached hydrogen (secondary N) is 2. The zero-order chi connectivity index (χ0) is 19.5. The SMILES string of the molecule is COc1cc(C2CC2C(=O)Nc2ccc(C#N)cc2)ccc1C1=CCNCC1. The molecule has 1 aliphatic heterocycles. The van der Waals surface area contributed by atoms with Crippen molar-refractivity contribution in [1.29, 1.82) is 5.26 Å². The first-order valence-corrected chi connectivity index (χ1v) is 9.58. The van der Waals surface area contributed by atoms with E-state index in [1.807, 2.05) is 0 Å². The van der Waals surface area contributed by atoms with Gasteiger partial charge in [0.1, 0.15) is 5.75 Å². The molecular formula is C23H23N3O2. The summed E-state index contributed by atoms with van der Waals surface area (Å²) in [7, 11) is 1.70. The average molecular weight is 373 g/mol. The Bertz CT molecular complexity index is 957. The van der Waals surface area contributed by atoms with Crippen molar-refractivity contribution in [2.75, 3.05) is 25.5 Å². The molecule has 0 saturated heterocycles. The van der Waals surface area contributed by atoms with Crippen LogP contribution in [0.15, 0.2) is 48.5 Å². The molecule has 2 aliphatic rings. The second-order valence-electron chi connectivity index (χ2n) is 7.27. The van der Waals surface area contributed by atoms with Gasteiger partial charge in [-0.15, -0.1) is 0 Å². The summed E-state index contributed by atoms with van der Waals surface area (Å²) in [5.41, 5.74) is 4.91. The fourth-order valence-corrected chi connectivity index (χ4v) is 3.79. The van der Waals surface area contributed by atoms with E-state index in [2.05, 4.69) is 41.0 Å². The van der Waals surface area contributed by atoms with Crippen LogP contribution in [-0.4, -0.2) is 26.1 Å². The molecular weight excluding hydrogens is 350 g/mol. The molecule has 2 aromatic rings. The molecule has 1 fully saturated rings. The standard InChI is InChI=1S/C23H23N3O2/c1-28-22-12-17(4-7-19(22)16-8-10-25-11-9-16)20-13-21(20)23(27)26-18-5-2-15(14-24)3-6-18/h2-8,12,20-21,25H,9-11,13H2,1H3,(H,26,27). The van der Waals surface area contributed by atoms with Crippen LogP contribution in [0.5, 0.6) is 5.75 Å². The molecule has 0 radical (unpaired) electrons. The van der Waals surface area contributed by atoms with Crippen LogP contribution in [0.25, 0.3) is 5.57 Å². The van der Waals surface area contributed by atoms with Gasteiger partial charge in [0.25, 0.3) is 0 Å². The second-order valence-corrected chi connectivity index (χ2v) is 7.27. The van der Waals surface area contributed by atoms with Crippen molar-refractivity contribution in [2.24, 2.45) is 5.92 Å². The number of nitrogens with zero attached hydrogens (tertiary/aromatic N) is 1. The molecule has 0 bridgehead atoms. The van der Waals surface area contributed by atoms with Crippen molar-refractivity contribution < 1.29 is 9.53 Å². The highest BCUT2D eigenvalue weighted by atomic mass is 16.5. The summed E-state index contributed by atoms with van der Waals surface area (Å²) in [4.78, 5) is 12.6. The highest BCUT2D eigenvalue weighted by Crippen LogP contribution is 2.49. The smallest absolute Gasteiger partial charge is 0.228 e. The fourth-order valence-electron chi connectivity index (χ4n) is 3.79. The van der Waals surface area contributed by atoms with Crippen molar-refractivity contribution in [3.05, 3.63) is 65.2 Å². The highest BCUT2D eigenvalue weighted by Gasteiger charge is 2.44. The minimum Gasteiger partial charge on any atom is -0.496 e. The summed E-state index contributed by atoms with van der Waals surface area (Å²) in [5, 5.41) is 15.1. The lowest BCUT2D eigenvalue weighted by atomic mass is 9.96. The van der Waals surface area contributed by atoms with Crippen LogP contribution < -0.4 is 15.4 Å². The predicted octanol–water partition coefficient (Wildman–Crippen LogP) is 3.69. The average Bonchev–Trinajstić information content (AvgIpc) is 3.55. The monoisotopic (exact) mass is 373 g/mol. The molecule has 5 heteroatoms. The van der Waals surface area contributed by atoms with Crippen LogP contribution in [0.1, 0.15) is 35.4 Å². The van der Waals surface area contributed by atoms with E-state index in [9.17, 15) is 4.79 Å². The third kappa shape index (κ3) is 3.78. The molecule has 142 valence electrons. The van der Waals surface area contributed by atoms with Gasteiger partial charge >= 0.3 is 0 Å². The van der Waals surface area contributed by atoms with Gasteiger partial charge in [0, 0.05) is 23.7 Å². The van der Waals surface area contributed by atoms with Gasteiger partial charge in [-0.2, -0.15) is 5.26 Å². The molecule has 2 aromatic carbocycles. The second kappa shape index (κ2) is 7.87. The van der Waals surface area contributed by atoms with E-state index in [1.165, 1.54) is 5.57 Å². The van der Waals surface area contributed by atoms with E-state index in [0.717, 1.165) is 48.5 Å². The number of nitriles is 1. The summed E-state index contributed by atoms with van der Waals surface area (Å²) < 4.78 is 5.64. The van der Waals surface area contributed by atoms with E-state index in [-0.39, 0.29) is 17.7 Å². The number of carbonyl (C=O) groups excluding carboxylic acids is 1. The van der Waals surface area contributed by atoms with Gasteiger partial charge in [0.2, 0.25) is 5.91 Å². The van der Waals surface area contributed by atoms with Crippen LogP contribution in [-0.2, 0) is 4.79 Å². The van der Waals surface area contributed by atoms with Crippen molar-refractivity contribution in [3.63, 3.8) is 0 Å². The van der Waals surface area contributed by atoms with Gasteiger partial charge in [-0.3, -0.25) is 4.79 Å². The number of hydrogen-bond donors (Lipinski definition) is 2. The van der Waals surface area contributed by atoms with Gasteiger partial charge in [0.05, 0.1) is 18.7 Å². The number of ether oxygens (including phenoxy) is 1. The lowest BCUT2D eigenvalue weighted by Crippen LogP contribution is -2.20. The van der Waals surface area contributed by atoms with Crippen LogP contribution in [0.3, 0.4) is 0 Å². The maximum Gasteiger partial charge on any atom is 0.228 e. The first-order valence-electron chi connectivity index (χ1n) is 9.58. The summed E-state index contributed by atoms with van der Waals surface area (Å²) in [6, 6.07) is 15.3. The number of amides is 1. The molecule has 1 amide bonds. The third-order valence-corrected chi connectivity index (χ3v) is 5.47. The Kier molecular flexibility index (Phi) is 5.14. The van der Waals surface area contributed by atoms with E-state index >= 15 is 0 Å². The van der Waals surface area contributed by atoms with Gasteiger partial charge < -0.3 is 15.4 Å². The first kappa shape index (κ1) is 18.3. The number of methoxy groups -OCH3 is 1. The van der Waals surface area contributed by atoms with Gasteiger partial charge in [-0.05, 0) is 66.8 Å². The van der Waals surface area contributed by atoms with Gasteiger partial charge in [-0.25, -0.2) is 0 Å². The fraction of sp³-hybridized carbons (Fsp3) is 0.304. The maximum atomic E-state index is 12.6. The van der Waals surface area contributed by atoms with E-state index in [0.29, 0.717) is 5.56 Å². The van der Waals surface area contributed by atoms with E-state index < -0.39 is 0 Å². The molecule has 2 N–H and O–H groups in total. The Labute approximate surface area is 165 Å². The summed E-state index contributed by atoms with van der Waals surface area (Å²) in [6.45, 7) is 1.87. The minimum atomic E-state index is -0.0238. The van der Waals surface area contributed by atoms with Crippen molar-refractivity contribution in [1.82, 2.24) is 5.32 Å². The zero-order valence-electron chi connectivity index (χ0n) is 15.9. The van der Waals surface area contributed by atoms with Gasteiger partial charge in [-0.1, -0.05) is 18.2 Å². The van der Waals surface area contributed by atoms with E-state index in [4.69, 9.17) is 10.00 Å². The molecule has 2 atom stereocenters. The van der Waals surface area contributed by atoms with Crippen molar-refractivity contribution in [3.8, 4) is 11.8 Å². The van der Waals surface area contributed by atoms with Crippen LogP contribution >= 0.6 is 0 Å². The molecule has 5 nitrogen and oxygen atoms in total. The molecule has 0 aromatic heterocycles. The molecule has 2 unspecified atom stereocenters. The first-order chi connectivity index (χ1) is 13.7. The van der Waals surface area contributed by atoms with Crippen molar-refractivity contribution >= 4 is 17.2 Å². The third-order valence-electron chi connectivity index (χ3n) is 5.47. The summed E-state index contributed by atoms with van der Waals surface area (Å²) in [5.74, 6) is 1.11. The van der Waals surface area contributed by atoms with E-state index in [1.54, 1.807) is 31.4 Å². The number of carbonyl (C=O) groups is 1. The summed E-state index contributed by atoms with van der Waals surface area (Å²) >= 11 is 0. The molecule has 1 aliphatic carbocycles. The molecule has 1 saturated carbocycles. The molecule has 4 rings (SSSR count). The Hall–Kier alpha value is -3.10. The Balaban J connectivity index is 1.44. The Morgan fingerprint density at radius 1 is 1.25 bits per heavy atom. The minimum absolute atomic E-state index is 0.0238. The lowest BCUT2D eigenvalue weighted by Gasteiger charge is -2.17. The predicted molar refractivity (Wildman–Crippen MR) is 109 cm³/mol. The zero-order valence-corrected chi connectivity index (χ0v) is 15.9. The Morgan fingerprint density at radius 3 is 2.75 bits per heavy atom. The molecule has 28 heavy (non-hydrogen) atoms. The van der Waals surface area contributed by atoms with Crippen LogP contribution in [0, 0.1) is 17.2 Å². The number of hydrogen-bond acceptors (Lipinski definition) is 4. The van der Waals surface area contributed by atoms with Gasteiger partial charge in [0.15, 0.2) is 0 Å². The van der Waals surface area contributed by atoms with Crippen LogP contribution in [0.2, 0.25) is 0 Å². The van der Waals surface area contributed by atoms with Crippen LogP contribution in [0.4, 0.5) is 5.69 Å². The Morgan fingerprint density at radius 2 is 2.07 bits per heavy atom. The van der Waals surface area contributed by atoms with Crippen molar-refractivity contribution in [2.45, 2.75) is 18.8 Å². The molecule has 1 heterocycles. The maximum absolute atomic E-state index is 12.6. The summed E-state index contributed by atoms with van der Waals surface area (Å²) in [6.07, 6.45) is 4.05.